The molecule has 0 aromatic heterocycles. The predicted molar refractivity (Wildman–Crippen MR) is 243 cm³/mol. The Bertz CT molecular complexity index is 1480. The summed E-state index contributed by atoms with van der Waals surface area (Å²) in [5.41, 5.74) is 0. The Morgan fingerprint density at radius 3 is 1.74 bits per heavy atom. The van der Waals surface area contributed by atoms with Crippen LogP contribution < -0.4 is 0 Å². The molecule has 0 radical (unpaired) electrons. The molecule has 1 aliphatic rings. The van der Waals surface area contributed by atoms with Crippen LogP contribution in [-0.2, 0) is 46.5 Å². The van der Waals surface area contributed by atoms with E-state index in [1.807, 2.05) is 18.2 Å². The van der Waals surface area contributed by atoms with Crippen LogP contribution >= 0.6 is 15.6 Å². The highest BCUT2D eigenvalue weighted by Gasteiger charge is 2.36. The molecule has 4 N–H and O–H groups in total. The lowest BCUT2D eigenvalue weighted by Crippen LogP contribution is -2.29. The number of esters is 2. The molecular weight excluding hydrogens is 838 g/mol. The molecule has 16 heteroatoms. The highest BCUT2D eigenvalue weighted by atomic mass is 31.2. The first-order valence-corrected chi connectivity index (χ1v) is 25.4. The number of epoxide rings is 1. The van der Waals surface area contributed by atoms with Crippen molar-refractivity contribution >= 4 is 27.6 Å². The number of ether oxygens (including phenoxy) is 3. The molecule has 0 amide bonds. The van der Waals surface area contributed by atoms with Crippen LogP contribution in [0.15, 0.2) is 85.1 Å². The second-order valence-electron chi connectivity index (χ2n) is 15.0. The van der Waals surface area contributed by atoms with Crippen LogP contribution in [0.3, 0.4) is 0 Å². The zero-order valence-corrected chi connectivity index (χ0v) is 38.9. The lowest BCUT2D eigenvalue weighted by molar-refractivity contribution is -0.161. The molecule has 0 aliphatic carbocycles. The van der Waals surface area contributed by atoms with Crippen LogP contribution in [0.1, 0.15) is 142 Å². The molecule has 1 saturated heterocycles. The van der Waals surface area contributed by atoms with E-state index in [1.165, 1.54) is 19.3 Å². The topological polar surface area (TPSA) is 208 Å². The summed E-state index contributed by atoms with van der Waals surface area (Å²) in [6, 6.07) is 0. The van der Waals surface area contributed by atoms with Gasteiger partial charge in [-0.3, -0.25) is 23.2 Å². The van der Waals surface area contributed by atoms with Gasteiger partial charge in [0.25, 0.3) is 0 Å². The molecule has 0 saturated carbocycles. The second-order valence-corrected chi connectivity index (χ2v) is 17.7. The summed E-state index contributed by atoms with van der Waals surface area (Å²) in [7, 11) is -9.72. The SMILES string of the molecule is CC/C=C\C/C=C\C/C=C\C/C=C\C/C=C\C/C=C\CCC(=O)OC[C@H](COP(=O)(O)OC[C@@H](O)COP(=O)(O)O)OC(=O)CCCCCCCC1OC1C/C=C\CCCCC. The molecule has 1 heterocycles. The van der Waals surface area contributed by atoms with E-state index in [-0.39, 0.29) is 12.8 Å². The van der Waals surface area contributed by atoms with E-state index in [1.54, 1.807) is 0 Å². The molecule has 14 nitrogen and oxygen atoms in total. The molecule has 62 heavy (non-hydrogen) atoms. The monoisotopic (exact) mass is 914 g/mol. The van der Waals surface area contributed by atoms with Crippen LogP contribution in [0.4, 0.5) is 0 Å². The number of aliphatic hydroxyl groups excluding tert-OH is 1. The fourth-order valence-electron chi connectivity index (χ4n) is 5.73. The Kier molecular flexibility index (Phi) is 34.8. The van der Waals surface area contributed by atoms with Crippen molar-refractivity contribution in [3.05, 3.63) is 85.1 Å². The minimum absolute atomic E-state index is 0.0591. The van der Waals surface area contributed by atoms with E-state index in [4.69, 9.17) is 28.5 Å². The van der Waals surface area contributed by atoms with Crippen LogP contribution in [0, 0.1) is 0 Å². The fraction of sp³-hybridized carbons (Fsp3) is 0.652. The molecule has 0 bridgehead atoms. The summed E-state index contributed by atoms with van der Waals surface area (Å²) in [6.45, 7) is 1.49. The number of carbonyl (C=O) groups is 2. The van der Waals surface area contributed by atoms with Gasteiger partial charge in [-0.05, 0) is 77.0 Å². The van der Waals surface area contributed by atoms with Gasteiger partial charge in [-0.25, -0.2) is 9.13 Å². The number of carbonyl (C=O) groups excluding carboxylic acids is 2. The molecular formula is C46H76O14P2. The summed E-state index contributed by atoms with van der Waals surface area (Å²) in [5, 5.41) is 9.76. The van der Waals surface area contributed by atoms with Crippen LogP contribution in [0.5, 0.6) is 0 Å². The van der Waals surface area contributed by atoms with Gasteiger partial charge in [0.2, 0.25) is 0 Å². The molecule has 1 rings (SSSR count). The number of aliphatic hydroxyl groups is 1. The summed E-state index contributed by atoms with van der Waals surface area (Å²) >= 11 is 0. The number of hydrogen-bond donors (Lipinski definition) is 4. The average molecular weight is 915 g/mol. The van der Waals surface area contributed by atoms with Gasteiger partial charge in [0, 0.05) is 12.8 Å². The number of rotatable bonds is 40. The van der Waals surface area contributed by atoms with E-state index >= 15 is 0 Å². The normalized spacial score (nSPS) is 18.0. The highest BCUT2D eigenvalue weighted by Crippen LogP contribution is 2.44. The van der Waals surface area contributed by atoms with Gasteiger partial charge in [-0.15, -0.1) is 0 Å². The third kappa shape index (κ3) is 37.8. The summed E-state index contributed by atoms with van der Waals surface area (Å²) in [6.07, 6.45) is 44.6. The zero-order chi connectivity index (χ0) is 45.6. The Morgan fingerprint density at radius 2 is 1.13 bits per heavy atom. The Labute approximate surface area is 371 Å². The van der Waals surface area contributed by atoms with Crippen molar-refractivity contribution in [2.45, 2.75) is 167 Å². The van der Waals surface area contributed by atoms with Crippen LogP contribution in [0.25, 0.3) is 0 Å². The standard InChI is InChI=1S/C46H76O14P2/c1-3-5-7-9-11-12-13-14-15-16-17-18-19-20-21-22-23-27-31-35-45(48)55-39-42(40-58-62(53,54)57-38-41(47)37-56-61(50,51)52)59-46(49)36-32-28-24-26-30-34-44-43(60-44)33-29-25-10-8-6-4-2/h5,7,11-12,14-15,17-18,20-21,23,25,27,29,41-44,47H,3-4,6,8-10,13,16,19,22,24,26,28,30-40H2,1-2H3,(H,53,54)(H2,50,51,52)/b7-5-,12-11-,15-14-,18-17-,21-20-,27-23-,29-25-/t41-,42+,43?,44?/m0/s1. The minimum atomic E-state index is -4.88. The summed E-state index contributed by atoms with van der Waals surface area (Å²) in [5.74, 6) is -1.16. The first-order chi connectivity index (χ1) is 29.8. The first-order valence-electron chi connectivity index (χ1n) is 22.4. The van der Waals surface area contributed by atoms with E-state index in [9.17, 15) is 28.7 Å². The first kappa shape index (κ1) is 57.3. The third-order valence-corrected chi connectivity index (χ3v) is 10.6. The van der Waals surface area contributed by atoms with Crippen LogP contribution in [-0.4, -0.2) is 82.6 Å². The Morgan fingerprint density at radius 1 is 0.581 bits per heavy atom. The summed E-state index contributed by atoms with van der Waals surface area (Å²) < 4.78 is 53.5. The molecule has 1 fully saturated rings. The number of phosphoric ester groups is 2. The van der Waals surface area contributed by atoms with E-state index < -0.39 is 66.2 Å². The van der Waals surface area contributed by atoms with Crippen molar-refractivity contribution in [1.82, 2.24) is 0 Å². The number of unbranched alkanes of at least 4 members (excludes halogenated alkanes) is 7. The quantitative estimate of drug-likeness (QED) is 0.0148. The number of allylic oxidation sites excluding steroid dienone is 13. The van der Waals surface area contributed by atoms with Crippen molar-refractivity contribution in [2.75, 3.05) is 26.4 Å². The van der Waals surface area contributed by atoms with Crippen molar-refractivity contribution in [2.24, 2.45) is 0 Å². The minimum Gasteiger partial charge on any atom is -0.462 e. The smallest absolute Gasteiger partial charge is 0.462 e. The van der Waals surface area contributed by atoms with Gasteiger partial charge < -0.3 is 34.0 Å². The Balaban J connectivity index is 2.42. The molecule has 354 valence electrons. The van der Waals surface area contributed by atoms with Crippen molar-refractivity contribution in [3.63, 3.8) is 0 Å². The maximum atomic E-state index is 12.7. The lowest BCUT2D eigenvalue weighted by Gasteiger charge is -2.20. The largest absolute Gasteiger partial charge is 0.472 e. The predicted octanol–water partition coefficient (Wildman–Crippen LogP) is 10.5. The van der Waals surface area contributed by atoms with Gasteiger partial charge in [-0.1, -0.05) is 137 Å². The third-order valence-electron chi connectivity index (χ3n) is 9.20. The average Bonchev–Trinajstić information content (AvgIpc) is 3.99. The number of phosphoric acid groups is 2. The van der Waals surface area contributed by atoms with Gasteiger partial charge in [0.05, 0.1) is 32.0 Å². The fourth-order valence-corrected chi connectivity index (χ4v) is 6.89. The second kappa shape index (κ2) is 37.6. The van der Waals surface area contributed by atoms with Crippen LogP contribution in [0.2, 0.25) is 0 Å². The van der Waals surface area contributed by atoms with Gasteiger partial charge in [0.15, 0.2) is 6.10 Å². The van der Waals surface area contributed by atoms with Crippen molar-refractivity contribution in [1.29, 1.82) is 0 Å². The molecule has 0 aromatic carbocycles. The lowest BCUT2D eigenvalue weighted by atomic mass is 10.1. The van der Waals surface area contributed by atoms with E-state index in [0.29, 0.717) is 31.5 Å². The van der Waals surface area contributed by atoms with Gasteiger partial charge in [0.1, 0.15) is 12.7 Å². The maximum absolute atomic E-state index is 12.7. The summed E-state index contributed by atoms with van der Waals surface area (Å²) in [4.78, 5) is 52.8. The molecule has 0 aromatic rings. The highest BCUT2D eigenvalue weighted by molar-refractivity contribution is 7.47. The van der Waals surface area contributed by atoms with E-state index in [0.717, 1.165) is 77.0 Å². The van der Waals surface area contributed by atoms with Gasteiger partial charge in [-0.2, -0.15) is 0 Å². The van der Waals surface area contributed by atoms with Gasteiger partial charge >= 0.3 is 27.6 Å². The van der Waals surface area contributed by atoms with Crippen molar-refractivity contribution in [3.8, 4) is 0 Å². The molecule has 3 unspecified atom stereocenters. The Hall–Kier alpha value is -2.74. The number of hydrogen-bond acceptors (Lipinski definition) is 11. The molecule has 1 aliphatic heterocycles. The van der Waals surface area contributed by atoms with Crippen molar-refractivity contribution < 1.29 is 66.3 Å². The van der Waals surface area contributed by atoms with E-state index in [2.05, 4.69) is 89.7 Å². The molecule has 0 spiro atoms. The molecule has 5 atom stereocenters. The zero-order valence-electron chi connectivity index (χ0n) is 37.1. The maximum Gasteiger partial charge on any atom is 0.472 e.